The molecule has 0 aromatic carbocycles. The van der Waals surface area contributed by atoms with Crippen LogP contribution in [0.4, 0.5) is 0 Å². The Balaban J connectivity index is 3.62. The maximum atomic E-state index is 2.42. The van der Waals surface area contributed by atoms with E-state index in [1.54, 1.807) is 0 Å². The van der Waals surface area contributed by atoms with Gasteiger partial charge in [-0.2, -0.15) is 0 Å². The van der Waals surface area contributed by atoms with E-state index in [1.807, 2.05) is 0 Å². The molecule has 0 heteroatoms. The van der Waals surface area contributed by atoms with Crippen LogP contribution in [-0.2, 0) is 0 Å². The Morgan fingerprint density at radius 2 is 0.889 bits per heavy atom. The van der Waals surface area contributed by atoms with Gasteiger partial charge >= 0.3 is 0 Å². The van der Waals surface area contributed by atoms with Crippen molar-refractivity contribution in [2.24, 2.45) is 22.7 Å². The molecule has 0 spiro atoms. The highest BCUT2D eigenvalue weighted by Crippen LogP contribution is 2.29. The molecule has 0 aromatic heterocycles. The Hall–Kier alpha value is 0. The summed E-state index contributed by atoms with van der Waals surface area (Å²) < 4.78 is 0. The van der Waals surface area contributed by atoms with Gasteiger partial charge in [-0.1, -0.05) is 81.1 Å². The fourth-order valence-electron chi connectivity index (χ4n) is 3.28. The molecule has 0 saturated heterocycles. The first-order valence-corrected chi connectivity index (χ1v) is 7.99. The van der Waals surface area contributed by atoms with Gasteiger partial charge < -0.3 is 0 Å². The third-order valence-corrected chi connectivity index (χ3v) is 3.57. The zero-order chi connectivity index (χ0) is 14.4. The van der Waals surface area contributed by atoms with E-state index < -0.39 is 0 Å². The highest BCUT2D eigenvalue weighted by atomic mass is 14.2. The molecular formula is C18H38. The molecular weight excluding hydrogens is 216 g/mol. The first kappa shape index (κ1) is 18.0. The first-order valence-electron chi connectivity index (χ1n) is 7.99. The third-order valence-electron chi connectivity index (χ3n) is 3.57. The number of unbranched alkanes of at least 4 members (excludes halogenated alkanes) is 1. The van der Waals surface area contributed by atoms with Crippen LogP contribution in [0.2, 0.25) is 0 Å². The van der Waals surface area contributed by atoms with Crippen LogP contribution >= 0.6 is 0 Å². The van der Waals surface area contributed by atoms with E-state index in [4.69, 9.17) is 0 Å². The van der Waals surface area contributed by atoms with Gasteiger partial charge in [0.15, 0.2) is 0 Å². The van der Waals surface area contributed by atoms with Gasteiger partial charge in [0.2, 0.25) is 0 Å². The van der Waals surface area contributed by atoms with Gasteiger partial charge in [0, 0.05) is 0 Å². The van der Waals surface area contributed by atoms with E-state index in [1.165, 1.54) is 38.5 Å². The Labute approximate surface area is 117 Å². The summed E-state index contributed by atoms with van der Waals surface area (Å²) in [4.78, 5) is 0. The molecule has 0 heterocycles. The van der Waals surface area contributed by atoms with Gasteiger partial charge in [-0.25, -0.2) is 0 Å². The average Bonchev–Trinajstić information content (AvgIpc) is 2.06. The lowest BCUT2D eigenvalue weighted by Crippen LogP contribution is -2.12. The van der Waals surface area contributed by atoms with E-state index in [2.05, 4.69) is 55.4 Å². The van der Waals surface area contributed by atoms with Crippen molar-refractivity contribution in [3.8, 4) is 0 Å². The minimum Gasteiger partial charge on any atom is -0.0625 e. The fourth-order valence-corrected chi connectivity index (χ4v) is 3.28. The maximum absolute atomic E-state index is 2.42. The molecule has 0 nitrogen and oxygen atoms in total. The summed E-state index contributed by atoms with van der Waals surface area (Å²) in [5.74, 6) is 1.78. The molecule has 110 valence electrons. The second kappa shape index (κ2) is 7.56. The highest BCUT2D eigenvalue weighted by Gasteiger charge is 2.16. The molecule has 0 unspecified atom stereocenters. The van der Waals surface area contributed by atoms with Gasteiger partial charge in [0.1, 0.15) is 0 Å². The minimum absolute atomic E-state index is 0.499. The minimum atomic E-state index is 0.499. The number of rotatable bonds is 7. The second-order valence-corrected chi connectivity index (χ2v) is 9.02. The van der Waals surface area contributed by atoms with Crippen LogP contribution < -0.4 is 0 Å². The fraction of sp³-hybridized carbons (Fsp3) is 1.00. The van der Waals surface area contributed by atoms with Crippen LogP contribution in [0.1, 0.15) is 93.9 Å². The quantitative estimate of drug-likeness (QED) is 0.444. The van der Waals surface area contributed by atoms with Gasteiger partial charge in [-0.15, -0.1) is 0 Å². The van der Waals surface area contributed by atoms with Crippen molar-refractivity contribution < 1.29 is 0 Å². The highest BCUT2D eigenvalue weighted by molar-refractivity contribution is 4.68. The van der Waals surface area contributed by atoms with Crippen molar-refractivity contribution in [2.75, 3.05) is 0 Å². The maximum Gasteiger partial charge on any atom is -0.0380 e. The average molecular weight is 255 g/mol. The van der Waals surface area contributed by atoms with Crippen LogP contribution in [0.5, 0.6) is 0 Å². The Kier molecular flexibility index (Phi) is 7.56. The molecule has 0 N–H and O–H groups in total. The lowest BCUT2D eigenvalue weighted by atomic mass is 9.82. The standard InChI is InChI=1S/C18H38/c1-15(13-17(3,4)5)11-9-10-12-16(2)14-18(6,7)8/h15-16H,9-14H2,1-8H3/t15-,16-/m1/s1. The van der Waals surface area contributed by atoms with Crippen LogP contribution in [0.3, 0.4) is 0 Å². The predicted octanol–water partition coefficient (Wildman–Crippen LogP) is 6.69. The molecule has 0 saturated carbocycles. The SMILES string of the molecule is C[C@H](CCCC[C@@H](C)CC(C)(C)C)CC(C)(C)C. The Morgan fingerprint density at radius 3 is 1.11 bits per heavy atom. The molecule has 0 aliphatic rings. The lowest BCUT2D eigenvalue weighted by molar-refractivity contribution is 0.276. The van der Waals surface area contributed by atoms with Gasteiger partial charge in [-0.05, 0) is 35.5 Å². The second-order valence-electron chi connectivity index (χ2n) is 9.02. The summed E-state index contributed by atoms with van der Waals surface area (Å²) in [6, 6.07) is 0. The number of hydrogen-bond donors (Lipinski definition) is 0. The smallest absolute Gasteiger partial charge is 0.0380 e. The summed E-state index contributed by atoms with van der Waals surface area (Å²) in [7, 11) is 0. The van der Waals surface area contributed by atoms with Gasteiger partial charge in [-0.3, -0.25) is 0 Å². The molecule has 0 radical (unpaired) electrons. The van der Waals surface area contributed by atoms with E-state index in [9.17, 15) is 0 Å². The van der Waals surface area contributed by atoms with Gasteiger partial charge in [0.05, 0.1) is 0 Å². The van der Waals surface area contributed by atoms with Crippen LogP contribution in [-0.4, -0.2) is 0 Å². The molecule has 0 aromatic rings. The molecule has 18 heavy (non-hydrogen) atoms. The normalized spacial score (nSPS) is 16.7. The monoisotopic (exact) mass is 254 g/mol. The molecule has 0 rings (SSSR count). The van der Waals surface area contributed by atoms with Crippen molar-refractivity contribution in [2.45, 2.75) is 93.9 Å². The zero-order valence-electron chi connectivity index (χ0n) is 14.4. The van der Waals surface area contributed by atoms with Crippen molar-refractivity contribution in [1.29, 1.82) is 0 Å². The van der Waals surface area contributed by atoms with Crippen LogP contribution in [0, 0.1) is 22.7 Å². The molecule has 0 bridgehead atoms. The van der Waals surface area contributed by atoms with Crippen molar-refractivity contribution in [3.63, 3.8) is 0 Å². The summed E-state index contributed by atoms with van der Waals surface area (Å²) in [6.45, 7) is 19.0. The molecule has 0 aliphatic heterocycles. The molecule has 0 aliphatic carbocycles. The number of hydrogen-bond acceptors (Lipinski definition) is 0. The Bertz CT molecular complexity index is 177. The van der Waals surface area contributed by atoms with E-state index in [0.29, 0.717) is 10.8 Å². The summed E-state index contributed by atoms with van der Waals surface area (Å²) in [5, 5.41) is 0. The van der Waals surface area contributed by atoms with Crippen LogP contribution in [0.15, 0.2) is 0 Å². The largest absolute Gasteiger partial charge is 0.0625 e. The first-order chi connectivity index (χ1) is 7.99. The summed E-state index contributed by atoms with van der Waals surface area (Å²) >= 11 is 0. The third kappa shape index (κ3) is 12.5. The van der Waals surface area contributed by atoms with Crippen LogP contribution in [0.25, 0.3) is 0 Å². The zero-order valence-corrected chi connectivity index (χ0v) is 14.4. The van der Waals surface area contributed by atoms with Crippen molar-refractivity contribution in [3.05, 3.63) is 0 Å². The molecule has 2 atom stereocenters. The van der Waals surface area contributed by atoms with E-state index in [0.717, 1.165) is 11.8 Å². The summed E-state index contributed by atoms with van der Waals surface area (Å²) in [6.07, 6.45) is 8.41. The molecule has 0 fully saturated rings. The van der Waals surface area contributed by atoms with Crippen molar-refractivity contribution in [1.82, 2.24) is 0 Å². The molecule has 0 amide bonds. The lowest BCUT2D eigenvalue weighted by Gasteiger charge is -2.24. The van der Waals surface area contributed by atoms with Crippen molar-refractivity contribution >= 4 is 0 Å². The Morgan fingerprint density at radius 1 is 0.611 bits per heavy atom. The van der Waals surface area contributed by atoms with E-state index in [-0.39, 0.29) is 0 Å². The predicted molar refractivity (Wildman–Crippen MR) is 84.9 cm³/mol. The summed E-state index contributed by atoms with van der Waals surface area (Å²) in [5.41, 5.74) is 0.998. The topological polar surface area (TPSA) is 0 Å². The van der Waals surface area contributed by atoms with E-state index >= 15 is 0 Å². The van der Waals surface area contributed by atoms with Gasteiger partial charge in [0.25, 0.3) is 0 Å².